The van der Waals surface area contributed by atoms with E-state index >= 15 is 0 Å². The van der Waals surface area contributed by atoms with E-state index in [2.05, 4.69) is 57.9 Å². The number of carbonyl (C=O) groups excluding carboxylic acids is 1. The Balaban J connectivity index is 1.36. The highest BCUT2D eigenvalue weighted by Crippen LogP contribution is 2.26. The summed E-state index contributed by atoms with van der Waals surface area (Å²) in [5.74, 6) is 0.128. The number of benzene rings is 1. The second-order valence-electron chi connectivity index (χ2n) is 7.81. The molecule has 144 valence electrons. The molecule has 4 nitrogen and oxygen atoms in total. The number of rotatable bonds is 6. The average Bonchev–Trinajstić information content (AvgIpc) is 3.35. The third kappa shape index (κ3) is 4.60. The summed E-state index contributed by atoms with van der Waals surface area (Å²) in [7, 11) is 2.18. The quantitative estimate of drug-likeness (QED) is 0.833. The molecule has 5 heteroatoms. The van der Waals surface area contributed by atoms with E-state index in [1.54, 1.807) is 11.3 Å². The smallest absolute Gasteiger partial charge is 0.224 e. The standard InChI is InChI=1S/C22H29N3OS/c1-24-9-11-25(12-10-24)20(21-6-3-13-27-21)16-23-22(26)15-17-7-8-18-4-2-5-19(18)14-17/h3,6-8,13-14,20H,2,4-5,9-12,15-16H2,1H3,(H,23,26)/t20-/m0/s1. The Morgan fingerprint density at radius 2 is 1.96 bits per heavy atom. The van der Waals surface area contributed by atoms with E-state index in [4.69, 9.17) is 0 Å². The van der Waals surface area contributed by atoms with Gasteiger partial charge in [-0.1, -0.05) is 24.3 Å². The lowest BCUT2D eigenvalue weighted by Gasteiger charge is -2.37. The SMILES string of the molecule is CN1CCN([C@@H](CNC(=O)Cc2ccc3c(c2)CCC3)c2cccs2)CC1. The number of nitrogens with one attached hydrogen (secondary N) is 1. The van der Waals surface area contributed by atoms with Gasteiger partial charge in [0.15, 0.2) is 0 Å². The first kappa shape index (κ1) is 18.7. The number of fused-ring (bicyclic) bond motifs is 1. The van der Waals surface area contributed by atoms with Crippen LogP contribution >= 0.6 is 11.3 Å². The second kappa shape index (κ2) is 8.55. The Labute approximate surface area is 166 Å². The fourth-order valence-electron chi connectivity index (χ4n) is 4.22. The van der Waals surface area contributed by atoms with Crippen LogP contribution in [0.1, 0.15) is 34.0 Å². The maximum Gasteiger partial charge on any atom is 0.224 e. The van der Waals surface area contributed by atoms with Gasteiger partial charge in [-0.25, -0.2) is 0 Å². The van der Waals surface area contributed by atoms with Gasteiger partial charge in [0.25, 0.3) is 0 Å². The lowest BCUT2D eigenvalue weighted by molar-refractivity contribution is -0.120. The fourth-order valence-corrected chi connectivity index (χ4v) is 5.08. The van der Waals surface area contributed by atoms with Crippen LogP contribution in [0.15, 0.2) is 35.7 Å². The summed E-state index contributed by atoms with van der Waals surface area (Å²) in [6.07, 6.45) is 4.08. The number of nitrogens with zero attached hydrogens (tertiary/aromatic N) is 2. The molecular weight excluding hydrogens is 354 g/mol. The minimum Gasteiger partial charge on any atom is -0.354 e. The number of piperazine rings is 1. The monoisotopic (exact) mass is 383 g/mol. The molecule has 2 aromatic rings. The molecule has 1 N–H and O–H groups in total. The summed E-state index contributed by atoms with van der Waals surface area (Å²) in [6, 6.07) is 11.2. The molecule has 27 heavy (non-hydrogen) atoms. The van der Waals surface area contributed by atoms with Crippen molar-refractivity contribution >= 4 is 17.2 Å². The summed E-state index contributed by atoms with van der Waals surface area (Å²) >= 11 is 1.79. The van der Waals surface area contributed by atoms with Crippen molar-refractivity contribution in [3.63, 3.8) is 0 Å². The fraction of sp³-hybridized carbons (Fsp3) is 0.500. The van der Waals surface area contributed by atoms with Crippen molar-refractivity contribution in [2.24, 2.45) is 0 Å². The van der Waals surface area contributed by atoms with Crippen LogP contribution in [0.4, 0.5) is 0 Å². The van der Waals surface area contributed by atoms with Crippen LogP contribution in [0.5, 0.6) is 0 Å². The van der Waals surface area contributed by atoms with Crippen LogP contribution in [0.25, 0.3) is 0 Å². The van der Waals surface area contributed by atoms with Gasteiger partial charge in [-0.05, 0) is 54.4 Å². The summed E-state index contributed by atoms with van der Waals surface area (Å²) in [5.41, 5.74) is 4.04. The highest BCUT2D eigenvalue weighted by molar-refractivity contribution is 7.10. The number of hydrogen-bond acceptors (Lipinski definition) is 4. The first-order valence-corrected chi connectivity index (χ1v) is 10.9. The van der Waals surface area contributed by atoms with Crippen molar-refractivity contribution in [2.45, 2.75) is 31.7 Å². The van der Waals surface area contributed by atoms with Gasteiger partial charge in [-0.2, -0.15) is 0 Å². The highest BCUT2D eigenvalue weighted by atomic mass is 32.1. The molecule has 1 amide bonds. The van der Waals surface area contributed by atoms with Crippen molar-refractivity contribution in [2.75, 3.05) is 39.8 Å². The topological polar surface area (TPSA) is 35.6 Å². The highest BCUT2D eigenvalue weighted by Gasteiger charge is 2.25. The van der Waals surface area contributed by atoms with Crippen molar-refractivity contribution in [3.8, 4) is 0 Å². The molecule has 1 saturated heterocycles. The van der Waals surface area contributed by atoms with Crippen LogP contribution in [0.3, 0.4) is 0 Å². The predicted molar refractivity (Wildman–Crippen MR) is 111 cm³/mol. The number of amides is 1. The largest absolute Gasteiger partial charge is 0.354 e. The van der Waals surface area contributed by atoms with Gasteiger partial charge in [0.05, 0.1) is 12.5 Å². The number of likely N-dealkylation sites (N-methyl/N-ethyl adjacent to an activating group) is 1. The lowest BCUT2D eigenvalue weighted by atomic mass is 10.0. The van der Waals surface area contributed by atoms with Crippen molar-refractivity contribution in [1.82, 2.24) is 15.1 Å². The van der Waals surface area contributed by atoms with E-state index < -0.39 is 0 Å². The molecule has 1 aromatic heterocycles. The number of thiophene rings is 1. The Bertz CT molecular complexity index is 766. The van der Waals surface area contributed by atoms with E-state index in [-0.39, 0.29) is 11.9 Å². The van der Waals surface area contributed by atoms with Crippen LogP contribution in [0, 0.1) is 0 Å². The van der Waals surface area contributed by atoms with E-state index in [0.717, 1.165) is 38.2 Å². The predicted octanol–water partition coefficient (Wildman–Crippen LogP) is 2.88. The first-order valence-electron chi connectivity index (χ1n) is 10.0. The van der Waals surface area contributed by atoms with Gasteiger partial charge in [0.2, 0.25) is 5.91 Å². The Morgan fingerprint density at radius 3 is 2.74 bits per heavy atom. The minimum absolute atomic E-state index is 0.128. The van der Waals surface area contributed by atoms with Gasteiger partial charge >= 0.3 is 0 Å². The summed E-state index contributed by atoms with van der Waals surface area (Å²) < 4.78 is 0. The van der Waals surface area contributed by atoms with Crippen LogP contribution < -0.4 is 5.32 Å². The van der Waals surface area contributed by atoms with Crippen molar-refractivity contribution < 1.29 is 4.79 Å². The Morgan fingerprint density at radius 1 is 1.15 bits per heavy atom. The van der Waals surface area contributed by atoms with E-state index in [9.17, 15) is 4.79 Å². The molecule has 0 spiro atoms. The molecule has 0 bridgehead atoms. The first-order chi connectivity index (χ1) is 13.2. The Kier molecular flexibility index (Phi) is 5.91. The molecule has 0 radical (unpaired) electrons. The van der Waals surface area contributed by atoms with Gasteiger partial charge in [0, 0.05) is 37.6 Å². The normalized spacial score (nSPS) is 19.0. The molecule has 2 heterocycles. The molecule has 4 rings (SSSR count). The van der Waals surface area contributed by atoms with Gasteiger partial charge < -0.3 is 10.2 Å². The van der Waals surface area contributed by atoms with Gasteiger partial charge in [-0.15, -0.1) is 11.3 Å². The van der Waals surface area contributed by atoms with E-state index in [1.165, 1.54) is 28.8 Å². The number of carbonyl (C=O) groups is 1. The zero-order valence-electron chi connectivity index (χ0n) is 16.1. The van der Waals surface area contributed by atoms with Crippen LogP contribution in [-0.4, -0.2) is 55.5 Å². The molecule has 1 fully saturated rings. The number of hydrogen-bond donors (Lipinski definition) is 1. The third-order valence-electron chi connectivity index (χ3n) is 5.87. The Hall–Kier alpha value is -1.69. The maximum absolute atomic E-state index is 12.6. The van der Waals surface area contributed by atoms with Crippen LogP contribution in [-0.2, 0) is 24.1 Å². The molecule has 1 aromatic carbocycles. The van der Waals surface area contributed by atoms with E-state index in [0.29, 0.717) is 13.0 Å². The summed E-state index contributed by atoms with van der Waals surface area (Å²) in [5, 5.41) is 5.34. The van der Waals surface area contributed by atoms with Gasteiger partial charge in [-0.3, -0.25) is 9.69 Å². The summed E-state index contributed by atoms with van der Waals surface area (Å²) in [4.78, 5) is 18.8. The van der Waals surface area contributed by atoms with Crippen molar-refractivity contribution in [1.29, 1.82) is 0 Å². The van der Waals surface area contributed by atoms with E-state index in [1.807, 2.05) is 0 Å². The summed E-state index contributed by atoms with van der Waals surface area (Å²) in [6.45, 7) is 4.98. The zero-order valence-corrected chi connectivity index (χ0v) is 16.9. The molecule has 1 aliphatic carbocycles. The molecule has 1 atom stereocenters. The molecular formula is C22H29N3OS. The second-order valence-corrected chi connectivity index (χ2v) is 8.79. The zero-order chi connectivity index (χ0) is 18.6. The lowest BCUT2D eigenvalue weighted by Crippen LogP contribution is -2.48. The maximum atomic E-state index is 12.6. The molecule has 1 aliphatic heterocycles. The molecule has 0 unspecified atom stereocenters. The molecule has 0 saturated carbocycles. The number of aryl methyl sites for hydroxylation is 2. The average molecular weight is 384 g/mol. The van der Waals surface area contributed by atoms with Crippen LogP contribution in [0.2, 0.25) is 0 Å². The minimum atomic E-state index is 0.128. The van der Waals surface area contributed by atoms with Crippen molar-refractivity contribution in [3.05, 3.63) is 57.3 Å². The van der Waals surface area contributed by atoms with Gasteiger partial charge in [0.1, 0.15) is 0 Å². The third-order valence-corrected chi connectivity index (χ3v) is 6.84. The molecule has 2 aliphatic rings.